The molecule has 6 nitrogen and oxygen atoms in total. The molecule has 0 saturated carbocycles. The predicted octanol–water partition coefficient (Wildman–Crippen LogP) is 4.67. The maximum Gasteiger partial charge on any atom is 0.326 e. The number of H-pyrrole nitrogens is 1. The molecule has 0 bridgehead atoms. The van der Waals surface area contributed by atoms with Crippen LogP contribution in [0.1, 0.15) is 36.0 Å². The lowest BCUT2D eigenvalue weighted by molar-refractivity contribution is -0.142. The first-order valence-corrected chi connectivity index (χ1v) is 12.6. The summed E-state index contributed by atoms with van der Waals surface area (Å²) in [7, 11) is 0. The van der Waals surface area contributed by atoms with Gasteiger partial charge in [0.15, 0.2) is 5.12 Å². The maximum absolute atomic E-state index is 13.4. The molecule has 1 heterocycles. The van der Waals surface area contributed by atoms with E-state index in [9.17, 15) is 19.5 Å². The quantitative estimate of drug-likeness (QED) is 0.394. The monoisotopic (exact) mass is 528 g/mol. The van der Waals surface area contributed by atoms with Crippen molar-refractivity contribution in [3.63, 3.8) is 0 Å². The predicted molar refractivity (Wildman–Crippen MR) is 133 cm³/mol. The van der Waals surface area contributed by atoms with E-state index in [1.807, 2.05) is 36.4 Å². The van der Waals surface area contributed by atoms with Crippen LogP contribution in [0.4, 0.5) is 0 Å². The van der Waals surface area contributed by atoms with Crippen LogP contribution < -0.4 is 5.32 Å². The molecule has 3 aromatic rings. The van der Waals surface area contributed by atoms with Gasteiger partial charge in [-0.15, -0.1) is 0 Å². The minimum atomic E-state index is -1.08. The van der Waals surface area contributed by atoms with Gasteiger partial charge in [0, 0.05) is 40.7 Å². The number of benzene rings is 2. The van der Waals surface area contributed by atoms with Crippen molar-refractivity contribution in [1.82, 2.24) is 10.3 Å². The number of aromatic amines is 1. The lowest BCUT2D eigenvalue weighted by atomic mass is 9.87. The Balaban J connectivity index is 1.56. The van der Waals surface area contributed by atoms with Gasteiger partial charge in [-0.2, -0.15) is 0 Å². The van der Waals surface area contributed by atoms with Crippen LogP contribution in [-0.2, 0) is 27.2 Å². The van der Waals surface area contributed by atoms with Gasteiger partial charge in [-0.3, -0.25) is 9.59 Å². The third-order valence-corrected chi connectivity index (χ3v) is 7.66. The van der Waals surface area contributed by atoms with Crippen molar-refractivity contribution in [1.29, 1.82) is 0 Å². The number of nitrogens with one attached hydrogen (secondary N) is 2. The Labute approximate surface area is 204 Å². The highest BCUT2D eigenvalue weighted by atomic mass is 79.9. The van der Waals surface area contributed by atoms with Gasteiger partial charge in [-0.1, -0.05) is 52.0 Å². The Bertz CT molecular complexity index is 1210. The molecular formula is C25H25BrN2O4S. The Morgan fingerprint density at radius 2 is 2.03 bits per heavy atom. The zero-order valence-electron chi connectivity index (χ0n) is 18.1. The number of amides is 1. The molecular weight excluding hydrogens is 504 g/mol. The summed E-state index contributed by atoms with van der Waals surface area (Å²) in [5.74, 6) is -1.63. The highest BCUT2D eigenvalue weighted by Gasteiger charge is 2.36. The second-order valence-electron chi connectivity index (χ2n) is 8.36. The maximum atomic E-state index is 13.4. The summed E-state index contributed by atoms with van der Waals surface area (Å²) < 4.78 is 0.991. The fourth-order valence-corrected chi connectivity index (χ4v) is 5.82. The van der Waals surface area contributed by atoms with Crippen LogP contribution in [0.2, 0.25) is 0 Å². The topological polar surface area (TPSA) is 99.3 Å². The van der Waals surface area contributed by atoms with Gasteiger partial charge in [-0.05, 0) is 53.6 Å². The normalized spacial score (nSPS) is 16.8. The van der Waals surface area contributed by atoms with E-state index in [4.69, 9.17) is 0 Å². The first kappa shape index (κ1) is 23.6. The number of carbonyl (C=O) groups excluding carboxylic acids is 2. The summed E-state index contributed by atoms with van der Waals surface area (Å²) >= 11 is 4.61. The lowest BCUT2D eigenvalue weighted by Crippen LogP contribution is -2.46. The highest BCUT2D eigenvalue weighted by molar-refractivity contribution is 9.10. The molecule has 33 heavy (non-hydrogen) atoms. The Morgan fingerprint density at radius 3 is 2.79 bits per heavy atom. The summed E-state index contributed by atoms with van der Waals surface area (Å²) in [4.78, 5) is 40.3. The molecule has 3 atom stereocenters. The second-order valence-corrected chi connectivity index (χ2v) is 10.5. The molecule has 0 radical (unpaired) electrons. The molecule has 1 aliphatic rings. The molecule has 4 rings (SSSR count). The summed E-state index contributed by atoms with van der Waals surface area (Å²) in [5.41, 5.74) is 4.05. The second kappa shape index (κ2) is 10.1. The van der Waals surface area contributed by atoms with Crippen molar-refractivity contribution in [2.45, 2.75) is 38.1 Å². The lowest BCUT2D eigenvalue weighted by Gasteiger charge is -2.25. The molecule has 1 aromatic heterocycles. The first-order chi connectivity index (χ1) is 15.8. The van der Waals surface area contributed by atoms with Gasteiger partial charge < -0.3 is 15.4 Å². The minimum absolute atomic E-state index is 0.0533. The van der Waals surface area contributed by atoms with Crippen molar-refractivity contribution >= 4 is 55.6 Å². The smallest absolute Gasteiger partial charge is 0.326 e. The van der Waals surface area contributed by atoms with Crippen molar-refractivity contribution in [2.75, 3.05) is 5.75 Å². The number of hydrogen-bond acceptors (Lipinski definition) is 4. The van der Waals surface area contributed by atoms with Crippen LogP contribution in [0.5, 0.6) is 0 Å². The zero-order valence-corrected chi connectivity index (χ0v) is 20.5. The molecule has 8 heteroatoms. The molecule has 0 spiro atoms. The third kappa shape index (κ3) is 5.33. The van der Waals surface area contributed by atoms with Gasteiger partial charge in [0.25, 0.3) is 0 Å². The molecule has 172 valence electrons. The standard InChI is InChI=1S/C25H25BrN2O4S/c1-14(29)33-13-21(20-8-6-15-10-17(26)7-9-18(15)20)24(30)28-23(25(31)32)11-16-12-27-22-5-3-2-4-19(16)22/h2-5,7,9-10,12,20-21,23,27H,6,8,11,13H2,1H3,(H,28,30)(H,31,32). The molecule has 1 aliphatic carbocycles. The molecule has 0 saturated heterocycles. The highest BCUT2D eigenvalue weighted by Crippen LogP contribution is 2.41. The van der Waals surface area contributed by atoms with E-state index >= 15 is 0 Å². The van der Waals surface area contributed by atoms with E-state index < -0.39 is 17.9 Å². The van der Waals surface area contributed by atoms with Crippen molar-refractivity contribution in [3.8, 4) is 0 Å². The van der Waals surface area contributed by atoms with Crippen LogP contribution in [0, 0.1) is 5.92 Å². The molecule has 1 amide bonds. The van der Waals surface area contributed by atoms with Gasteiger partial charge in [0.2, 0.25) is 5.91 Å². The number of halogens is 1. The number of fused-ring (bicyclic) bond motifs is 2. The van der Waals surface area contributed by atoms with Gasteiger partial charge in [0.05, 0.1) is 5.92 Å². The molecule has 0 aliphatic heterocycles. The number of hydrogen-bond donors (Lipinski definition) is 3. The molecule has 0 fully saturated rings. The van der Waals surface area contributed by atoms with Crippen LogP contribution in [0.15, 0.2) is 53.1 Å². The average Bonchev–Trinajstić information content (AvgIpc) is 3.37. The minimum Gasteiger partial charge on any atom is -0.480 e. The van der Waals surface area contributed by atoms with E-state index in [1.165, 1.54) is 12.5 Å². The van der Waals surface area contributed by atoms with Gasteiger partial charge in [-0.25, -0.2) is 4.79 Å². The van der Waals surface area contributed by atoms with Crippen LogP contribution in [0.25, 0.3) is 10.9 Å². The van der Waals surface area contributed by atoms with Crippen LogP contribution in [0.3, 0.4) is 0 Å². The van der Waals surface area contributed by atoms with Crippen molar-refractivity contribution in [3.05, 3.63) is 69.8 Å². The molecule has 3 unspecified atom stereocenters. The number of rotatable bonds is 8. The van der Waals surface area contributed by atoms with E-state index in [0.717, 1.165) is 51.1 Å². The number of para-hydroxylation sites is 1. The number of carboxylic acid groups (broad SMARTS) is 1. The largest absolute Gasteiger partial charge is 0.480 e. The number of thioether (sulfide) groups is 1. The summed E-state index contributed by atoms with van der Waals surface area (Å²) in [5, 5.41) is 13.5. The zero-order chi connectivity index (χ0) is 23.5. The van der Waals surface area contributed by atoms with Crippen molar-refractivity contribution in [2.24, 2.45) is 5.92 Å². The summed E-state index contributed by atoms with van der Waals surface area (Å²) in [6.45, 7) is 1.48. The van der Waals surface area contributed by atoms with E-state index in [-0.39, 0.29) is 23.4 Å². The molecule has 2 aromatic carbocycles. The van der Waals surface area contributed by atoms with Gasteiger partial charge in [0.1, 0.15) is 6.04 Å². The molecule has 3 N–H and O–H groups in total. The number of aromatic nitrogens is 1. The van der Waals surface area contributed by atoms with E-state index in [1.54, 1.807) is 6.20 Å². The van der Waals surface area contributed by atoms with E-state index in [0.29, 0.717) is 5.75 Å². The van der Waals surface area contributed by atoms with Gasteiger partial charge >= 0.3 is 5.97 Å². The third-order valence-electron chi connectivity index (χ3n) is 6.23. The van der Waals surface area contributed by atoms with E-state index in [2.05, 4.69) is 32.3 Å². The fraction of sp³-hybridized carbons (Fsp3) is 0.320. The van der Waals surface area contributed by atoms with Crippen molar-refractivity contribution < 1.29 is 19.5 Å². The fourth-order valence-electron chi connectivity index (χ4n) is 4.62. The number of carbonyl (C=O) groups is 3. The summed E-state index contributed by atoms with van der Waals surface area (Å²) in [6.07, 6.45) is 3.61. The Hall–Kier alpha value is -2.58. The Kier molecular flexibility index (Phi) is 7.24. The average molecular weight is 529 g/mol. The van der Waals surface area contributed by atoms with Crippen LogP contribution in [-0.4, -0.2) is 38.9 Å². The number of carboxylic acids is 1. The Morgan fingerprint density at radius 1 is 1.24 bits per heavy atom. The summed E-state index contributed by atoms with van der Waals surface area (Å²) in [6, 6.07) is 12.7. The first-order valence-electron chi connectivity index (χ1n) is 10.8. The van der Waals surface area contributed by atoms with Crippen LogP contribution >= 0.6 is 27.7 Å². The SMILES string of the molecule is CC(=O)SCC(C(=O)NC(Cc1c[nH]c2ccccc12)C(=O)O)C1CCc2cc(Br)ccc21. The number of aryl methyl sites for hydroxylation is 1. The number of aliphatic carboxylic acids is 1.